The molecule has 2 fully saturated rings. The number of fused-ring (bicyclic) bond motifs is 1. The number of rotatable bonds is 5. The summed E-state index contributed by atoms with van der Waals surface area (Å²) in [5, 5.41) is 4.46. The molecule has 0 saturated carbocycles. The molecule has 0 radical (unpaired) electrons. The highest BCUT2D eigenvalue weighted by Gasteiger charge is 2.44. The third-order valence-electron chi connectivity index (χ3n) is 5.45. The van der Waals surface area contributed by atoms with Gasteiger partial charge in [0.05, 0.1) is 6.10 Å². The van der Waals surface area contributed by atoms with Crippen LogP contribution in [-0.2, 0) is 17.8 Å². The number of aromatic nitrogens is 1. The third kappa shape index (κ3) is 3.40. The molecule has 4 rings (SSSR count). The molecule has 2 saturated heterocycles. The van der Waals surface area contributed by atoms with E-state index < -0.39 is 0 Å². The number of nitrogens with zero attached hydrogens (tertiary/aromatic N) is 3. The maximum atomic E-state index is 5.82. The Kier molecular flexibility index (Phi) is 4.94. The van der Waals surface area contributed by atoms with Gasteiger partial charge >= 0.3 is 0 Å². The Morgan fingerprint density at radius 1 is 1.25 bits per heavy atom. The molecule has 0 amide bonds. The summed E-state index contributed by atoms with van der Waals surface area (Å²) < 4.78 is 5.82. The summed E-state index contributed by atoms with van der Waals surface area (Å²) in [4.78, 5) is 9.50. The second kappa shape index (κ2) is 7.31. The monoisotopic (exact) mass is 343 g/mol. The summed E-state index contributed by atoms with van der Waals surface area (Å²) in [5.74, 6) is 0.610. The average Bonchev–Trinajstić information content (AvgIpc) is 3.26. The molecule has 24 heavy (non-hydrogen) atoms. The van der Waals surface area contributed by atoms with E-state index in [4.69, 9.17) is 4.74 Å². The standard InChI is InChI=1S/C19H25N3OS/c1-23-19-4-7-22(11-16-5-8-24-14-16)18-13-21(12-17(18)19)10-15-3-2-6-20-9-15/h2-3,5-6,8-9,14,17-19H,4,7,10-13H2,1H3/t17-,18+,19-/m0/s1. The van der Waals surface area contributed by atoms with Gasteiger partial charge in [0.1, 0.15) is 0 Å². The van der Waals surface area contributed by atoms with E-state index in [1.807, 2.05) is 25.6 Å². The SMILES string of the molecule is CO[C@H]1CCN(Cc2ccsc2)[C@@H]2CN(Cc3cccnc3)C[C@H]12. The highest BCUT2D eigenvalue weighted by atomic mass is 32.1. The Hall–Kier alpha value is -1.27. The van der Waals surface area contributed by atoms with Crippen molar-refractivity contribution >= 4 is 11.3 Å². The van der Waals surface area contributed by atoms with Gasteiger partial charge in [-0.05, 0) is 40.4 Å². The normalized spacial score (nSPS) is 28.1. The van der Waals surface area contributed by atoms with Gasteiger partial charge in [-0.25, -0.2) is 0 Å². The minimum absolute atomic E-state index is 0.396. The summed E-state index contributed by atoms with van der Waals surface area (Å²) in [6.45, 7) is 5.45. The molecule has 0 aromatic carbocycles. The van der Waals surface area contributed by atoms with E-state index in [-0.39, 0.29) is 0 Å². The quantitative estimate of drug-likeness (QED) is 0.835. The first-order valence-corrected chi connectivity index (χ1v) is 9.67. The molecule has 4 nitrogen and oxygen atoms in total. The van der Waals surface area contributed by atoms with Crippen LogP contribution in [-0.4, -0.2) is 53.7 Å². The molecule has 2 aromatic heterocycles. The lowest BCUT2D eigenvalue weighted by atomic mass is 9.89. The van der Waals surface area contributed by atoms with Gasteiger partial charge in [0.2, 0.25) is 0 Å². The summed E-state index contributed by atoms with van der Waals surface area (Å²) in [5.41, 5.74) is 2.75. The number of thiophene rings is 1. The van der Waals surface area contributed by atoms with E-state index in [0.29, 0.717) is 18.1 Å². The van der Waals surface area contributed by atoms with Crippen LogP contribution in [0.25, 0.3) is 0 Å². The Morgan fingerprint density at radius 2 is 2.21 bits per heavy atom. The molecule has 0 unspecified atom stereocenters. The second-order valence-corrected chi connectivity index (χ2v) is 7.73. The molecular formula is C19H25N3OS. The van der Waals surface area contributed by atoms with E-state index >= 15 is 0 Å². The fourth-order valence-corrected chi connectivity index (χ4v) is 4.96. The number of hydrogen-bond acceptors (Lipinski definition) is 5. The van der Waals surface area contributed by atoms with E-state index in [1.54, 1.807) is 11.3 Å². The molecule has 5 heteroatoms. The Labute approximate surface area is 148 Å². The van der Waals surface area contributed by atoms with Gasteiger partial charge in [0.15, 0.2) is 0 Å². The summed E-state index contributed by atoms with van der Waals surface area (Å²) in [6, 6.07) is 7.05. The molecule has 2 aliphatic rings. The fraction of sp³-hybridized carbons (Fsp3) is 0.526. The Morgan fingerprint density at radius 3 is 2.96 bits per heavy atom. The van der Waals surface area contributed by atoms with Gasteiger partial charge in [0.25, 0.3) is 0 Å². The van der Waals surface area contributed by atoms with Crippen molar-refractivity contribution in [1.82, 2.24) is 14.8 Å². The van der Waals surface area contributed by atoms with Crippen LogP contribution in [0.3, 0.4) is 0 Å². The minimum atomic E-state index is 0.396. The first-order valence-electron chi connectivity index (χ1n) is 8.72. The van der Waals surface area contributed by atoms with Gasteiger partial charge in [-0.15, -0.1) is 0 Å². The van der Waals surface area contributed by atoms with E-state index in [2.05, 4.69) is 37.7 Å². The van der Waals surface area contributed by atoms with Crippen LogP contribution in [0.15, 0.2) is 41.4 Å². The van der Waals surface area contributed by atoms with Crippen molar-refractivity contribution < 1.29 is 4.74 Å². The molecule has 0 N–H and O–H groups in total. The zero-order valence-electron chi connectivity index (χ0n) is 14.2. The van der Waals surface area contributed by atoms with Crippen molar-refractivity contribution in [2.75, 3.05) is 26.7 Å². The number of pyridine rings is 1. The van der Waals surface area contributed by atoms with Crippen molar-refractivity contribution in [3.63, 3.8) is 0 Å². The lowest BCUT2D eigenvalue weighted by molar-refractivity contribution is -0.0244. The summed E-state index contributed by atoms with van der Waals surface area (Å²) in [7, 11) is 1.88. The van der Waals surface area contributed by atoms with Crippen LogP contribution in [0, 0.1) is 5.92 Å². The van der Waals surface area contributed by atoms with Crippen molar-refractivity contribution in [3.05, 3.63) is 52.5 Å². The second-order valence-electron chi connectivity index (χ2n) is 6.95. The van der Waals surface area contributed by atoms with Gasteiger partial charge in [-0.3, -0.25) is 14.8 Å². The first kappa shape index (κ1) is 16.2. The van der Waals surface area contributed by atoms with E-state index in [1.165, 1.54) is 11.1 Å². The zero-order chi connectivity index (χ0) is 16.4. The highest BCUT2D eigenvalue weighted by Crippen LogP contribution is 2.34. The van der Waals surface area contributed by atoms with Gasteiger partial charge in [-0.2, -0.15) is 11.3 Å². The van der Waals surface area contributed by atoms with Crippen LogP contribution in [0.1, 0.15) is 17.5 Å². The maximum absolute atomic E-state index is 5.82. The van der Waals surface area contributed by atoms with E-state index in [9.17, 15) is 0 Å². The zero-order valence-corrected chi connectivity index (χ0v) is 15.0. The Balaban J connectivity index is 1.47. The first-order chi connectivity index (χ1) is 11.8. The van der Waals surface area contributed by atoms with Crippen LogP contribution < -0.4 is 0 Å². The Bertz CT molecular complexity index is 633. The number of likely N-dealkylation sites (tertiary alicyclic amines) is 2. The molecule has 0 bridgehead atoms. The maximum Gasteiger partial charge on any atom is 0.0639 e. The van der Waals surface area contributed by atoms with Crippen molar-refractivity contribution in [3.8, 4) is 0 Å². The minimum Gasteiger partial charge on any atom is -0.381 e. The van der Waals surface area contributed by atoms with Crippen molar-refractivity contribution in [2.24, 2.45) is 5.92 Å². The smallest absolute Gasteiger partial charge is 0.0639 e. The molecule has 3 atom stereocenters. The molecule has 0 aliphatic carbocycles. The van der Waals surface area contributed by atoms with Crippen LogP contribution >= 0.6 is 11.3 Å². The van der Waals surface area contributed by atoms with Crippen LogP contribution in [0.2, 0.25) is 0 Å². The molecule has 128 valence electrons. The molecule has 2 aliphatic heterocycles. The number of ether oxygens (including phenoxy) is 1. The molecule has 4 heterocycles. The number of piperidine rings is 1. The van der Waals surface area contributed by atoms with Crippen molar-refractivity contribution in [1.29, 1.82) is 0 Å². The molecule has 0 spiro atoms. The number of hydrogen-bond donors (Lipinski definition) is 0. The predicted molar refractivity (Wildman–Crippen MR) is 96.9 cm³/mol. The summed E-state index contributed by atoms with van der Waals surface area (Å²) in [6.07, 6.45) is 5.37. The lowest BCUT2D eigenvalue weighted by Gasteiger charge is -2.41. The van der Waals surface area contributed by atoms with Crippen molar-refractivity contribution in [2.45, 2.75) is 31.7 Å². The highest BCUT2D eigenvalue weighted by molar-refractivity contribution is 7.07. The molecule has 2 aromatic rings. The lowest BCUT2D eigenvalue weighted by Crippen LogP contribution is -2.50. The van der Waals surface area contributed by atoms with Gasteiger partial charge in [-0.1, -0.05) is 6.07 Å². The number of methoxy groups -OCH3 is 1. The summed E-state index contributed by atoms with van der Waals surface area (Å²) >= 11 is 1.79. The van der Waals surface area contributed by atoms with Crippen LogP contribution in [0.4, 0.5) is 0 Å². The predicted octanol–water partition coefficient (Wildman–Crippen LogP) is 2.86. The van der Waals surface area contributed by atoms with E-state index in [0.717, 1.165) is 39.1 Å². The third-order valence-corrected chi connectivity index (χ3v) is 6.19. The van der Waals surface area contributed by atoms with Gasteiger partial charge in [0, 0.05) is 64.2 Å². The topological polar surface area (TPSA) is 28.6 Å². The largest absolute Gasteiger partial charge is 0.381 e. The molecular weight excluding hydrogens is 318 g/mol. The van der Waals surface area contributed by atoms with Gasteiger partial charge < -0.3 is 4.74 Å². The average molecular weight is 343 g/mol. The fourth-order valence-electron chi connectivity index (χ4n) is 4.30. The van der Waals surface area contributed by atoms with Crippen LogP contribution in [0.5, 0.6) is 0 Å².